The van der Waals surface area contributed by atoms with Crippen molar-refractivity contribution in [1.82, 2.24) is 5.32 Å². The summed E-state index contributed by atoms with van der Waals surface area (Å²) >= 11 is 4.05. The van der Waals surface area contributed by atoms with Gasteiger partial charge in [-0.15, -0.1) is 12.6 Å². The lowest BCUT2D eigenvalue weighted by atomic mass is 10.2. The van der Waals surface area contributed by atoms with Gasteiger partial charge >= 0.3 is 0 Å². The molecule has 2 nitrogen and oxygen atoms in total. The Kier molecular flexibility index (Phi) is 6.84. The number of hydrogen-bond acceptors (Lipinski definition) is 3. The number of carbonyl (C=O) groups is 1. The van der Waals surface area contributed by atoms with Crippen molar-refractivity contribution in [3.8, 4) is 0 Å². The molecule has 0 heterocycles. The van der Waals surface area contributed by atoms with Crippen LogP contribution >= 0.6 is 12.6 Å². The fraction of sp³-hybridized carbons (Fsp3) is 0.133. The lowest BCUT2D eigenvalue weighted by Crippen LogP contribution is -2.04. The van der Waals surface area contributed by atoms with Gasteiger partial charge in [0.1, 0.15) is 6.29 Å². The minimum atomic E-state index is 0.669. The Morgan fingerprint density at radius 1 is 1.11 bits per heavy atom. The number of thiol groups is 1. The van der Waals surface area contributed by atoms with E-state index >= 15 is 0 Å². The summed E-state index contributed by atoms with van der Waals surface area (Å²) in [5.74, 6) is 0. The van der Waals surface area contributed by atoms with Crippen LogP contribution in [0.15, 0.2) is 59.5 Å². The van der Waals surface area contributed by atoms with Crippen LogP contribution < -0.4 is 5.32 Å². The Bertz CT molecular complexity index is 471. The van der Waals surface area contributed by atoms with Crippen molar-refractivity contribution in [3.63, 3.8) is 0 Å². The van der Waals surface area contributed by atoms with Crippen LogP contribution in [0.4, 0.5) is 0 Å². The molecule has 2 rings (SSSR count). The molecule has 0 aromatic heterocycles. The van der Waals surface area contributed by atoms with E-state index in [9.17, 15) is 4.79 Å². The largest absolute Gasteiger partial charge is 0.316 e. The van der Waals surface area contributed by atoms with E-state index in [1.165, 1.54) is 5.56 Å². The molecule has 0 saturated carbocycles. The van der Waals surface area contributed by atoms with E-state index < -0.39 is 0 Å². The summed E-state index contributed by atoms with van der Waals surface area (Å²) in [7, 11) is 1.95. The summed E-state index contributed by atoms with van der Waals surface area (Å²) in [4.78, 5) is 10.9. The molecule has 18 heavy (non-hydrogen) atoms. The molecule has 0 bridgehead atoms. The van der Waals surface area contributed by atoms with Crippen LogP contribution in [-0.2, 0) is 6.54 Å². The highest BCUT2D eigenvalue weighted by molar-refractivity contribution is 7.80. The third-order valence-corrected chi connectivity index (χ3v) is 2.51. The van der Waals surface area contributed by atoms with E-state index in [-0.39, 0.29) is 0 Å². The van der Waals surface area contributed by atoms with Crippen molar-refractivity contribution in [2.75, 3.05) is 7.05 Å². The summed E-state index contributed by atoms with van der Waals surface area (Å²) in [6.07, 6.45) is 0.805. The minimum Gasteiger partial charge on any atom is -0.316 e. The lowest BCUT2D eigenvalue weighted by molar-refractivity contribution is 0.112. The Balaban J connectivity index is 0.000000180. The average molecular weight is 259 g/mol. The molecule has 3 heteroatoms. The molecule has 0 radical (unpaired) electrons. The van der Waals surface area contributed by atoms with Gasteiger partial charge < -0.3 is 5.32 Å². The Hall–Kier alpha value is -1.58. The molecule has 0 aliphatic rings. The maximum absolute atomic E-state index is 10.1. The average Bonchev–Trinajstić information content (AvgIpc) is 2.41. The first-order valence-electron chi connectivity index (χ1n) is 5.69. The summed E-state index contributed by atoms with van der Waals surface area (Å²) in [5, 5.41) is 3.08. The predicted molar refractivity (Wildman–Crippen MR) is 78.3 cm³/mol. The number of hydrogen-bond donors (Lipinski definition) is 2. The van der Waals surface area contributed by atoms with E-state index in [1.807, 2.05) is 31.3 Å². The molecule has 0 saturated heterocycles. The predicted octanol–water partition coefficient (Wildman–Crippen LogP) is 3.19. The molecule has 0 amide bonds. The highest BCUT2D eigenvalue weighted by Crippen LogP contribution is 2.05. The van der Waals surface area contributed by atoms with Crippen molar-refractivity contribution in [1.29, 1.82) is 0 Å². The van der Waals surface area contributed by atoms with Crippen LogP contribution in [0.3, 0.4) is 0 Å². The number of carbonyl (C=O) groups excluding carboxylic acids is 1. The zero-order valence-corrected chi connectivity index (χ0v) is 11.2. The van der Waals surface area contributed by atoms with Gasteiger partial charge in [0.25, 0.3) is 0 Å². The van der Waals surface area contributed by atoms with Gasteiger partial charge in [-0.2, -0.15) is 0 Å². The van der Waals surface area contributed by atoms with Crippen molar-refractivity contribution < 1.29 is 4.79 Å². The number of benzene rings is 2. The fourth-order valence-corrected chi connectivity index (χ4v) is 1.63. The monoisotopic (exact) mass is 259 g/mol. The highest BCUT2D eigenvalue weighted by atomic mass is 32.1. The fourth-order valence-electron chi connectivity index (χ4n) is 1.40. The van der Waals surface area contributed by atoms with Gasteiger partial charge in [0.05, 0.1) is 0 Å². The molecule has 0 aliphatic heterocycles. The van der Waals surface area contributed by atoms with Crippen molar-refractivity contribution >= 4 is 18.9 Å². The van der Waals surface area contributed by atoms with E-state index in [4.69, 9.17) is 0 Å². The summed E-state index contributed by atoms with van der Waals surface area (Å²) < 4.78 is 0. The summed E-state index contributed by atoms with van der Waals surface area (Å²) in [5.41, 5.74) is 2.00. The molecule has 0 unspecified atom stereocenters. The van der Waals surface area contributed by atoms with E-state index in [0.29, 0.717) is 5.56 Å². The standard InChI is InChI=1S/C8H11N.C7H6OS/c1-9-7-8-5-3-2-4-6-8;8-5-6-2-1-3-7(9)4-6/h2-6,9H,7H2,1H3;1-5,9H. The van der Waals surface area contributed by atoms with Gasteiger partial charge in [0.15, 0.2) is 0 Å². The van der Waals surface area contributed by atoms with Gasteiger partial charge in [-0.25, -0.2) is 0 Å². The van der Waals surface area contributed by atoms with Crippen LogP contribution in [0.25, 0.3) is 0 Å². The molecule has 0 spiro atoms. The Morgan fingerprint density at radius 3 is 2.33 bits per heavy atom. The third-order valence-electron chi connectivity index (χ3n) is 2.23. The smallest absolute Gasteiger partial charge is 0.150 e. The molecule has 1 N–H and O–H groups in total. The van der Waals surface area contributed by atoms with Gasteiger partial charge in [-0.05, 0) is 24.7 Å². The molecule has 0 atom stereocenters. The van der Waals surface area contributed by atoms with Crippen LogP contribution in [0.2, 0.25) is 0 Å². The van der Waals surface area contributed by atoms with Crippen LogP contribution in [-0.4, -0.2) is 13.3 Å². The number of aldehydes is 1. The normalized spacial score (nSPS) is 9.22. The van der Waals surface area contributed by atoms with E-state index in [1.54, 1.807) is 18.2 Å². The van der Waals surface area contributed by atoms with Gasteiger partial charge in [0.2, 0.25) is 0 Å². The summed E-state index contributed by atoms with van der Waals surface area (Å²) in [6, 6.07) is 17.4. The second-order valence-electron chi connectivity index (χ2n) is 3.73. The maximum atomic E-state index is 10.1. The first-order chi connectivity index (χ1) is 8.76. The first-order valence-corrected chi connectivity index (χ1v) is 6.13. The third kappa shape index (κ3) is 5.66. The van der Waals surface area contributed by atoms with E-state index in [0.717, 1.165) is 17.7 Å². The molecule has 0 fully saturated rings. The Labute approximate surface area is 113 Å². The van der Waals surface area contributed by atoms with Crippen molar-refractivity contribution in [2.24, 2.45) is 0 Å². The molecule has 0 aliphatic carbocycles. The number of rotatable bonds is 3. The van der Waals surface area contributed by atoms with Crippen molar-refractivity contribution in [2.45, 2.75) is 11.4 Å². The zero-order valence-electron chi connectivity index (χ0n) is 10.3. The zero-order chi connectivity index (χ0) is 13.2. The second kappa shape index (κ2) is 8.50. The first kappa shape index (κ1) is 14.5. The lowest BCUT2D eigenvalue weighted by Gasteiger charge is -1.95. The number of nitrogens with one attached hydrogen (secondary N) is 1. The molecular weight excluding hydrogens is 242 g/mol. The van der Waals surface area contributed by atoms with Crippen LogP contribution in [0.1, 0.15) is 15.9 Å². The molecular formula is C15H17NOS. The molecule has 94 valence electrons. The van der Waals surface area contributed by atoms with Crippen LogP contribution in [0, 0.1) is 0 Å². The highest BCUT2D eigenvalue weighted by Gasteiger charge is 1.87. The van der Waals surface area contributed by atoms with Gasteiger partial charge in [-0.3, -0.25) is 4.79 Å². The van der Waals surface area contributed by atoms with Gasteiger partial charge in [-0.1, -0.05) is 42.5 Å². The second-order valence-corrected chi connectivity index (χ2v) is 4.25. The molecule has 2 aromatic carbocycles. The quantitative estimate of drug-likeness (QED) is 0.655. The topological polar surface area (TPSA) is 29.1 Å². The van der Waals surface area contributed by atoms with E-state index in [2.05, 4.69) is 30.1 Å². The molecule has 2 aromatic rings. The SMILES string of the molecule is CNCc1ccccc1.O=Cc1cccc(S)c1. The van der Waals surface area contributed by atoms with Crippen molar-refractivity contribution in [3.05, 3.63) is 65.7 Å². The minimum absolute atomic E-state index is 0.669. The van der Waals surface area contributed by atoms with Gasteiger partial charge in [0, 0.05) is 17.0 Å². The van der Waals surface area contributed by atoms with Crippen LogP contribution in [0.5, 0.6) is 0 Å². The Morgan fingerprint density at radius 2 is 1.83 bits per heavy atom. The summed E-state index contributed by atoms with van der Waals surface area (Å²) in [6.45, 7) is 0.959. The maximum Gasteiger partial charge on any atom is 0.150 e.